The third kappa shape index (κ3) is 8.13. The van der Waals surface area contributed by atoms with Gasteiger partial charge in [-0.1, -0.05) is 34.1 Å². The van der Waals surface area contributed by atoms with Gasteiger partial charge < -0.3 is 10.2 Å². The van der Waals surface area contributed by atoms with Crippen LogP contribution in [0.3, 0.4) is 0 Å². The topological polar surface area (TPSA) is 86.8 Å². The Bertz CT molecular complexity index is 1140. The number of hydrogen-bond acceptors (Lipinski definition) is 4. The largest absolute Gasteiger partial charge is 0.350 e. The van der Waals surface area contributed by atoms with Gasteiger partial charge in [0.25, 0.3) is 0 Å². The van der Waals surface area contributed by atoms with Crippen molar-refractivity contribution in [2.24, 2.45) is 0 Å². The fourth-order valence-corrected chi connectivity index (χ4v) is 4.88. The molecule has 2 aromatic rings. The molecular formula is C25H34BrN3O4S. The number of aryl methyl sites for hydroxylation is 2. The molecular weight excluding hydrogens is 518 g/mol. The number of amides is 2. The molecule has 2 rings (SSSR count). The summed E-state index contributed by atoms with van der Waals surface area (Å²) < 4.78 is 27.3. The molecule has 0 unspecified atom stereocenters. The number of rotatable bonds is 8. The summed E-state index contributed by atoms with van der Waals surface area (Å²) >= 11 is 3.44. The predicted octanol–water partition coefficient (Wildman–Crippen LogP) is 4.16. The maximum Gasteiger partial charge on any atom is 0.244 e. The Balaban J connectivity index is 2.44. The third-order valence-electron chi connectivity index (χ3n) is 5.08. The van der Waals surface area contributed by atoms with E-state index >= 15 is 0 Å². The lowest BCUT2D eigenvalue weighted by Gasteiger charge is -2.33. The Morgan fingerprint density at radius 3 is 2.15 bits per heavy atom. The number of anilines is 1. The van der Waals surface area contributed by atoms with Gasteiger partial charge in [0.1, 0.15) is 12.6 Å². The van der Waals surface area contributed by atoms with Crippen molar-refractivity contribution in [3.8, 4) is 0 Å². The fourth-order valence-electron chi connectivity index (χ4n) is 3.60. The molecule has 34 heavy (non-hydrogen) atoms. The zero-order valence-electron chi connectivity index (χ0n) is 20.8. The zero-order valence-corrected chi connectivity index (χ0v) is 23.2. The van der Waals surface area contributed by atoms with Crippen LogP contribution >= 0.6 is 15.9 Å². The lowest BCUT2D eigenvalue weighted by molar-refractivity contribution is -0.140. The first-order valence-corrected chi connectivity index (χ1v) is 13.6. The highest BCUT2D eigenvalue weighted by Gasteiger charge is 2.31. The van der Waals surface area contributed by atoms with E-state index < -0.39 is 34.1 Å². The van der Waals surface area contributed by atoms with Crippen LogP contribution in [0.15, 0.2) is 46.9 Å². The fraction of sp³-hybridized carbons (Fsp3) is 0.440. The molecule has 1 N–H and O–H groups in total. The van der Waals surface area contributed by atoms with E-state index in [4.69, 9.17) is 0 Å². The summed E-state index contributed by atoms with van der Waals surface area (Å²) in [5.41, 5.74) is 2.53. The van der Waals surface area contributed by atoms with E-state index in [9.17, 15) is 18.0 Å². The SMILES string of the molecule is Cc1cc(C)cc(N(CC(=O)N(Cc2cccc(Br)c2)[C@@H](C)C(=O)NC(C)(C)C)S(C)(=O)=O)c1. The molecule has 186 valence electrons. The van der Waals surface area contributed by atoms with E-state index in [1.165, 1.54) is 4.90 Å². The number of nitrogens with zero attached hydrogens (tertiary/aromatic N) is 2. The highest BCUT2D eigenvalue weighted by Crippen LogP contribution is 2.23. The normalized spacial score (nSPS) is 12.7. The van der Waals surface area contributed by atoms with Gasteiger partial charge in [-0.05, 0) is 82.5 Å². The lowest BCUT2D eigenvalue weighted by Crippen LogP contribution is -2.54. The van der Waals surface area contributed by atoms with E-state index in [0.29, 0.717) is 5.69 Å². The van der Waals surface area contributed by atoms with Crippen LogP contribution in [0.5, 0.6) is 0 Å². The summed E-state index contributed by atoms with van der Waals surface area (Å²) in [5, 5.41) is 2.91. The first-order chi connectivity index (χ1) is 15.6. The maximum atomic E-state index is 13.6. The number of sulfonamides is 1. The van der Waals surface area contributed by atoms with Gasteiger partial charge >= 0.3 is 0 Å². The van der Waals surface area contributed by atoms with Crippen LogP contribution in [0.2, 0.25) is 0 Å². The van der Waals surface area contributed by atoms with Crippen LogP contribution in [0.4, 0.5) is 5.69 Å². The number of nitrogens with one attached hydrogen (secondary N) is 1. The number of carbonyl (C=O) groups excluding carboxylic acids is 2. The average molecular weight is 553 g/mol. The number of benzene rings is 2. The molecule has 9 heteroatoms. The van der Waals surface area contributed by atoms with Crippen LogP contribution in [-0.4, -0.2) is 49.5 Å². The second-order valence-corrected chi connectivity index (χ2v) is 12.5. The maximum absolute atomic E-state index is 13.6. The summed E-state index contributed by atoms with van der Waals surface area (Å²) in [7, 11) is -3.76. The van der Waals surface area contributed by atoms with Gasteiger partial charge in [-0.3, -0.25) is 13.9 Å². The number of halogens is 1. The van der Waals surface area contributed by atoms with Crippen molar-refractivity contribution in [2.45, 2.75) is 59.7 Å². The van der Waals surface area contributed by atoms with Crippen molar-refractivity contribution in [2.75, 3.05) is 17.1 Å². The van der Waals surface area contributed by atoms with E-state index in [2.05, 4.69) is 21.2 Å². The summed E-state index contributed by atoms with van der Waals surface area (Å²) in [6, 6.07) is 12.0. The summed E-state index contributed by atoms with van der Waals surface area (Å²) in [6.45, 7) is 10.7. The Morgan fingerprint density at radius 1 is 1.06 bits per heavy atom. The molecule has 0 aliphatic heterocycles. The Kier molecular flexibility index (Phi) is 8.93. The molecule has 0 bridgehead atoms. The Morgan fingerprint density at radius 2 is 1.65 bits per heavy atom. The Hall–Kier alpha value is -2.39. The van der Waals surface area contributed by atoms with Crippen LogP contribution < -0.4 is 9.62 Å². The van der Waals surface area contributed by atoms with Gasteiger partial charge in [-0.25, -0.2) is 8.42 Å². The predicted molar refractivity (Wildman–Crippen MR) is 140 cm³/mol. The minimum Gasteiger partial charge on any atom is -0.350 e. The van der Waals surface area contributed by atoms with Crippen molar-refractivity contribution in [3.05, 3.63) is 63.6 Å². The molecule has 2 amide bonds. The molecule has 1 atom stereocenters. The molecule has 0 radical (unpaired) electrons. The van der Waals surface area contributed by atoms with Crippen LogP contribution in [0.25, 0.3) is 0 Å². The van der Waals surface area contributed by atoms with Crippen LogP contribution in [-0.2, 0) is 26.2 Å². The molecule has 0 aromatic heterocycles. The van der Waals surface area contributed by atoms with Crippen LogP contribution in [0, 0.1) is 13.8 Å². The molecule has 7 nitrogen and oxygen atoms in total. The first-order valence-electron chi connectivity index (χ1n) is 11.0. The second-order valence-electron chi connectivity index (χ2n) is 9.68. The first kappa shape index (κ1) is 27.9. The summed E-state index contributed by atoms with van der Waals surface area (Å²) in [4.78, 5) is 28.0. The van der Waals surface area contributed by atoms with E-state index in [0.717, 1.165) is 31.7 Å². The number of hydrogen-bond donors (Lipinski definition) is 1. The lowest BCUT2D eigenvalue weighted by atomic mass is 10.1. The molecule has 0 spiro atoms. The highest BCUT2D eigenvalue weighted by atomic mass is 79.9. The van der Waals surface area contributed by atoms with Crippen molar-refractivity contribution < 1.29 is 18.0 Å². The molecule has 2 aromatic carbocycles. The standard InChI is InChI=1S/C25H34BrN3O4S/c1-17-11-18(2)13-22(12-17)29(34(7,32)33)16-23(30)28(15-20-9-8-10-21(26)14-20)19(3)24(31)27-25(4,5)6/h8-14,19H,15-16H2,1-7H3,(H,27,31)/t19-/m0/s1. The van der Waals surface area contributed by atoms with Crippen molar-refractivity contribution >= 4 is 43.5 Å². The highest BCUT2D eigenvalue weighted by molar-refractivity contribution is 9.10. The van der Waals surface area contributed by atoms with Crippen molar-refractivity contribution in [1.82, 2.24) is 10.2 Å². The van der Waals surface area contributed by atoms with Gasteiger partial charge in [-0.2, -0.15) is 0 Å². The number of carbonyl (C=O) groups is 2. The summed E-state index contributed by atoms with van der Waals surface area (Å²) in [5.74, 6) is -0.783. The quantitative estimate of drug-likeness (QED) is 0.533. The zero-order chi connectivity index (χ0) is 25.8. The molecule has 0 aliphatic rings. The van der Waals surface area contributed by atoms with E-state index in [1.807, 2.05) is 65.0 Å². The monoisotopic (exact) mass is 551 g/mol. The Labute approximate surface area is 211 Å². The molecule has 0 aliphatic carbocycles. The smallest absolute Gasteiger partial charge is 0.244 e. The van der Waals surface area contributed by atoms with Crippen molar-refractivity contribution in [1.29, 1.82) is 0 Å². The molecule has 0 saturated heterocycles. The van der Waals surface area contributed by atoms with Gasteiger partial charge in [-0.15, -0.1) is 0 Å². The average Bonchev–Trinajstić information content (AvgIpc) is 2.66. The minimum atomic E-state index is -3.76. The third-order valence-corrected chi connectivity index (χ3v) is 6.71. The minimum absolute atomic E-state index is 0.154. The van der Waals surface area contributed by atoms with Gasteiger partial charge in [0, 0.05) is 16.6 Å². The van der Waals surface area contributed by atoms with E-state index in [1.54, 1.807) is 19.1 Å². The van der Waals surface area contributed by atoms with Crippen LogP contribution in [0.1, 0.15) is 44.4 Å². The van der Waals surface area contributed by atoms with E-state index in [-0.39, 0.29) is 12.5 Å². The van der Waals surface area contributed by atoms with Gasteiger partial charge in [0.2, 0.25) is 21.8 Å². The molecule has 0 heterocycles. The second kappa shape index (κ2) is 10.9. The van der Waals surface area contributed by atoms with Gasteiger partial charge in [0.05, 0.1) is 11.9 Å². The summed E-state index contributed by atoms with van der Waals surface area (Å²) in [6.07, 6.45) is 1.08. The van der Waals surface area contributed by atoms with Crippen molar-refractivity contribution in [3.63, 3.8) is 0 Å². The van der Waals surface area contributed by atoms with Gasteiger partial charge in [0.15, 0.2) is 0 Å². The molecule has 0 fully saturated rings. The molecule has 0 saturated carbocycles.